The van der Waals surface area contributed by atoms with Crippen LogP contribution in [-0.4, -0.2) is 7.11 Å². The Labute approximate surface area is 170 Å². The normalized spacial score (nSPS) is 17.4. The first-order valence-corrected chi connectivity index (χ1v) is 9.64. The SMILES string of the molecule is C=C(C)C1=C(C)NC(/C(C)=C\C)=C(C(=C)C)C1c1ccc(C(=C)OC)cc1C. The maximum atomic E-state index is 5.32. The Bertz CT molecular complexity index is 937. The van der Waals surface area contributed by atoms with Gasteiger partial charge in [0.1, 0.15) is 5.76 Å². The van der Waals surface area contributed by atoms with Crippen molar-refractivity contribution in [2.24, 2.45) is 0 Å². The number of nitrogens with one attached hydrogen (secondary N) is 1. The number of dihydropyridines is 1. The zero-order valence-electron chi connectivity index (χ0n) is 18.4. The molecule has 148 valence electrons. The molecule has 0 aliphatic carbocycles. The molecule has 1 aliphatic heterocycles. The van der Waals surface area contributed by atoms with Crippen LogP contribution in [-0.2, 0) is 4.74 Å². The maximum absolute atomic E-state index is 5.32. The molecule has 1 aromatic carbocycles. The molecule has 0 fully saturated rings. The third-order valence-corrected chi connectivity index (χ3v) is 5.46. The van der Waals surface area contributed by atoms with Crippen LogP contribution >= 0.6 is 0 Å². The van der Waals surface area contributed by atoms with Gasteiger partial charge in [-0.05, 0) is 75.5 Å². The highest BCUT2D eigenvalue weighted by Crippen LogP contribution is 2.45. The van der Waals surface area contributed by atoms with Gasteiger partial charge in [-0.15, -0.1) is 0 Å². The van der Waals surface area contributed by atoms with Crippen molar-refractivity contribution >= 4 is 5.76 Å². The minimum Gasteiger partial charge on any atom is -0.497 e. The number of allylic oxidation sites excluding steroid dienone is 7. The van der Waals surface area contributed by atoms with Gasteiger partial charge in [0.05, 0.1) is 7.11 Å². The topological polar surface area (TPSA) is 21.3 Å². The summed E-state index contributed by atoms with van der Waals surface area (Å²) in [6, 6.07) is 6.42. The molecule has 1 heterocycles. The summed E-state index contributed by atoms with van der Waals surface area (Å²) in [5, 5.41) is 3.62. The van der Waals surface area contributed by atoms with E-state index in [1.807, 2.05) is 0 Å². The van der Waals surface area contributed by atoms with Crippen molar-refractivity contribution in [3.8, 4) is 0 Å². The lowest BCUT2D eigenvalue weighted by Crippen LogP contribution is -2.27. The third-order valence-electron chi connectivity index (χ3n) is 5.46. The van der Waals surface area contributed by atoms with Crippen molar-refractivity contribution in [3.63, 3.8) is 0 Å². The van der Waals surface area contributed by atoms with E-state index >= 15 is 0 Å². The molecule has 1 aromatic rings. The molecular weight excluding hydrogens is 342 g/mol. The second-order valence-electron chi connectivity index (χ2n) is 7.62. The first-order chi connectivity index (χ1) is 13.1. The number of methoxy groups -OCH3 is 1. The number of rotatable bonds is 6. The quantitative estimate of drug-likeness (QED) is 0.543. The molecule has 2 heteroatoms. The smallest absolute Gasteiger partial charge is 0.118 e. The summed E-state index contributed by atoms with van der Waals surface area (Å²) in [5.74, 6) is 0.763. The molecule has 1 aliphatic rings. The van der Waals surface area contributed by atoms with Gasteiger partial charge in [-0.2, -0.15) is 0 Å². The van der Waals surface area contributed by atoms with Gasteiger partial charge >= 0.3 is 0 Å². The van der Waals surface area contributed by atoms with Gasteiger partial charge in [0.2, 0.25) is 0 Å². The predicted octanol–water partition coefficient (Wildman–Crippen LogP) is 6.95. The number of benzene rings is 1. The first-order valence-electron chi connectivity index (χ1n) is 9.64. The zero-order valence-corrected chi connectivity index (χ0v) is 18.4. The number of aryl methyl sites for hydroxylation is 1. The fourth-order valence-corrected chi connectivity index (χ4v) is 3.91. The third kappa shape index (κ3) is 3.91. The van der Waals surface area contributed by atoms with Crippen molar-refractivity contribution in [1.82, 2.24) is 5.32 Å². The number of hydrogen-bond donors (Lipinski definition) is 1. The highest BCUT2D eigenvalue weighted by atomic mass is 16.5. The second kappa shape index (κ2) is 8.52. The van der Waals surface area contributed by atoms with E-state index in [0.717, 1.165) is 28.1 Å². The van der Waals surface area contributed by atoms with Gasteiger partial charge < -0.3 is 10.1 Å². The van der Waals surface area contributed by atoms with Crippen molar-refractivity contribution in [3.05, 3.63) is 100.0 Å². The predicted molar refractivity (Wildman–Crippen MR) is 122 cm³/mol. The lowest BCUT2D eigenvalue weighted by atomic mass is 9.74. The molecule has 2 nitrogen and oxygen atoms in total. The molecule has 0 spiro atoms. The molecule has 2 rings (SSSR count). The minimum atomic E-state index is 0.0889. The van der Waals surface area contributed by atoms with Crippen molar-refractivity contribution in [1.29, 1.82) is 0 Å². The van der Waals surface area contributed by atoms with Gasteiger partial charge in [0.15, 0.2) is 0 Å². The highest BCUT2D eigenvalue weighted by Gasteiger charge is 2.32. The maximum Gasteiger partial charge on any atom is 0.118 e. The van der Waals surface area contributed by atoms with Gasteiger partial charge in [0.25, 0.3) is 0 Å². The Morgan fingerprint density at radius 1 is 1.04 bits per heavy atom. The van der Waals surface area contributed by atoms with Crippen molar-refractivity contribution < 1.29 is 4.74 Å². The largest absolute Gasteiger partial charge is 0.497 e. The minimum absolute atomic E-state index is 0.0889. The summed E-state index contributed by atoms with van der Waals surface area (Å²) in [6.07, 6.45) is 2.14. The molecule has 1 unspecified atom stereocenters. The van der Waals surface area contributed by atoms with E-state index in [1.54, 1.807) is 7.11 Å². The molecule has 1 N–H and O–H groups in total. The van der Waals surface area contributed by atoms with Gasteiger partial charge in [0, 0.05) is 22.9 Å². The monoisotopic (exact) mass is 375 g/mol. The fraction of sp³-hybridized carbons (Fsp3) is 0.308. The molecular formula is C26H33NO. The summed E-state index contributed by atoms with van der Waals surface area (Å²) in [5.41, 5.74) is 11.5. The average molecular weight is 376 g/mol. The summed E-state index contributed by atoms with van der Waals surface area (Å²) < 4.78 is 5.32. The van der Waals surface area contributed by atoms with Crippen LogP contribution < -0.4 is 5.32 Å². The Morgan fingerprint density at radius 2 is 1.64 bits per heavy atom. The number of hydrogen-bond acceptors (Lipinski definition) is 2. The molecule has 0 saturated heterocycles. The lowest BCUT2D eigenvalue weighted by Gasteiger charge is -2.35. The van der Waals surface area contributed by atoms with Crippen LogP contribution in [0.2, 0.25) is 0 Å². The Kier molecular flexibility index (Phi) is 6.56. The first kappa shape index (κ1) is 21.6. The van der Waals surface area contributed by atoms with Crippen LogP contribution in [0, 0.1) is 6.92 Å². The Hall–Kier alpha value is -2.74. The molecule has 1 atom stereocenters. The van der Waals surface area contributed by atoms with E-state index in [-0.39, 0.29) is 5.92 Å². The highest BCUT2D eigenvalue weighted by molar-refractivity contribution is 5.64. The molecule has 0 saturated carbocycles. The van der Waals surface area contributed by atoms with Crippen LogP contribution in [0.5, 0.6) is 0 Å². The molecule has 0 bridgehead atoms. The van der Waals surface area contributed by atoms with E-state index in [0.29, 0.717) is 5.76 Å². The van der Waals surface area contributed by atoms with E-state index in [1.165, 1.54) is 27.8 Å². The summed E-state index contributed by atoms with van der Waals surface area (Å²) >= 11 is 0. The molecule has 0 aromatic heterocycles. The fourth-order valence-electron chi connectivity index (χ4n) is 3.91. The molecule has 28 heavy (non-hydrogen) atoms. The van der Waals surface area contributed by atoms with Crippen LogP contribution in [0.1, 0.15) is 57.2 Å². The van der Waals surface area contributed by atoms with Gasteiger partial charge in [-0.3, -0.25) is 0 Å². The van der Waals surface area contributed by atoms with E-state index < -0.39 is 0 Å². The van der Waals surface area contributed by atoms with Crippen LogP contribution in [0.15, 0.2) is 83.3 Å². The van der Waals surface area contributed by atoms with Crippen LogP contribution in [0.3, 0.4) is 0 Å². The van der Waals surface area contributed by atoms with Crippen molar-refractivity contribution in [2.75, 3.05) is 7.11 Å². The standard InChI is InChI=1S/C26H33NO/c1-11-17(6)26-24(16(4)5)25(23(15(2)3)19(8)27-26)22-13-12-21(14-18(22)7)20(9)28-10/h11-14,25,27H,2,4,9H2,1,3,5-8,10H3/b17-11-. The molecule has 0 amide bonds. The second-order valence-corrected chi connectivity index (χ2v) is 7.62. The van der Waals surface area contributed by atoms with Gasteiger partial charge in [-0.1, -0.05) is 49.1 Å². The lowest BCUT2D eigenvalue weighted by molar-refractivity contribution is 0.371. The van der Waals surface area contributed by atoms with Crippen molar-refractivity contribution in [2.45, 2.75) is 47.5 Å². The van der Waals surface area contributed by atoms with Crippen LogP contribution in [0.4, 0.5) is 0 Å². The Balaban J connectivity index is 2.81. The van der Waals surface area contributed by atoms with Crippen LogP contribution in [0.25, 0.3) is 5.76 Å². The Morgan fingerprint density at radius 3 is 2.11 bits per heavy atom. The zero-order chi connectivity index (χ0) is 21.2. The van der Waals surface area contributed by atoms with Gasteiger partial charge in [-0.25, -0.2) is 0 Å². The van der Waals surface area contributed by atoms with E-state index in [4.69, 9.17) is 4.74 Å². The summed E-state index contributed by atoms with van der Waals surface area (Å²) in [4.78, 5) is 0. The summed E-state index contributed by atoms with van der Waals surface area (Å²) in [7, 11) is 1.65. The molecule has 0 radical (unpaired) electrons. The van der Waals surface area contributed by atoms with E-state index in [2.05, 4.69) is 90.9 Å². The summed E-state index contributed by atoms with van der Waals surface area (Å²) in [6.45, 7) is 25.2. The average Bonchev–Trinajstić information content (AvgIpc) is 2.64. The number of ether oxygens (including phenoxy) is 1. The van der Waals surface area contributed by atoms with E-state index in [9.17, 15) is 0 Å².